The molecule has 13 nitrogen and oxygen atoms in total. The van der Waals surface area contributed by atoms with E-state index in [2.05, 4.69) is 31.3 Å². The van der Waals surface area contributed by atoms with Crippen LogP contribution in [0.15, 0.2) is 139 Å². The predicted octanol–water partition coefficient (Wildman–Crippen LogP) is 8.32. The molecule has 0 bridgehead atoms. The van der Waals surface area contributed by atoms with Crippen LogP contribution < -0.4 is 10.2 Å². The van der Waals surface area contributed by atoms with Crippen molar-refractivity contribution in [2.75, 3.05) is 16.5 Å². The largest absolute Gasteiger partial charge is 0.505 e. The van der Waals surface area contributed by atoms with Crippen molar-refractivity contribution in [3.05, 3.63) is 167 Å². The monoisotopic (exact) mass is 832 g/mol. The molecule has 0 saturated carbocycles. The normalized spacial score (nSPS) is 12.4. The first-order valence-corrected chi connectivity index (χ1v) is 20.7. The first-order chi connectivity index (χ1) is 28.9. The molecule has 8 aromatic rings. The van der Waals surface area contributed by atoms with Crippen LogP contribution in [0.1, 0.15) is 46.8 Å². The summed E-state index contributed by atoms with van der Waals surface area (Å²) in [5, 5.41) is 38.9. The molecule has 0 spiro atoms. The summed E-state index contributed by atoms with van der Waals surface area (Å²) < 4.78 is 24.5. The Balaban J connectivity index is 1.27. The van der Waals surface area contributed by atoms with E-state index in [9.17, 15) is 28.7 Å². The lowest BCUT2D eigenvalue weighted by molar-refractivity contribution is -0.117. The number of fused-ring (bicyclic) bond motifs is 2. The summed E-state index contributed by atoms with van der Waals surface area (Å²) in [5.74, 6) is -0.196. The third-order valence-corrected chi connectivity index (χ3v) is 11.6. The average Bonchev–Trinajstić information content (AvgIpc) is 3.26. The van der Waals surface area contributed by atoms with Gasteiger partial charge in [-0.3, -0.25) is 14.7 Å². The number of nitrogens with zero attached hydrogens (tertiary/aromatic N) is 7. The number of sulfone groups is 1. The minimum Gasteiger partial charge on any atom is -0.505 e. The van der Waals surface area contributed by atoms with Crippen molar-refractivity contribution >= 4 is 60.9 Å². The second-order valence-electron chi connectivity index (χ2n) is 13.8. The van der Waals surface area contributed by atoms with Gasteiger partial charge in [-0.2, -0.15) is 5.26 Å². The highest BCUT2D eigenvalue weighted by atomic mass is 35.5. The number of nitrogens with one attached hydrogen (secondary N) is 1. The molecule has 0 aliphatic heterocycles. The fraction of sp³-hybridized carbons (Fsp3) is 0.0889. The number of phenolic OH excluding ortho intramolecular Hbond substituents is 2. The van der Waals surface area contributed by atoms with Crippen molar-refractivity contribution in [3.8, 4) is 28.8 Å². The number of hydrogen-bond acceptors (Lipinski definition) is 12. The van der Waals surface area contributed by atoms with Crippen LogP contribution in [0.3, 0.4) is 0 Å². The molecule has 2 atom stereocenters. The number of hydrogen-bond donors (Lipinski definition) is 3. The molecular weight excluding hydrogens is 800 g/mol. The Bertz CT molecular complexity index is 3100. The van der Waals surface area contributed by atoms with Crippen molar-refractivity contribution in [3.63, 3.8) is 0 Å². The third kappa shape index (κ3) is 7.39. The quantitative estimate of drug-likeness (QED) is 0.119. The van der Waals surface area contributed by atoms with Gasteiger partial charge in [-0.1, -0.05) is 78.3 Å². The number of rotatable bonds is 10. The standard InChI is InChI=1S/C45H33ClN8O5S/c1-26(55)54(37-8-3-4-21-48-37)42(34-17-12-27-7-5-22-49-40(27)44(34)57)32-19-18-31(35(25-47)38(32)46)36-20-13-29-11-16-33(43(56)41(29)52-36)39(53-45-50-23-6-24-51-45)28-9-14-30(15-10-28)60(2,58)59/h3-24,39,42,56-57H,1-2H3,(H,50,51,53). The highest BCUT2D eigenvalue weighted by molar-refractivity contribution is 7.90. The molecular formula is C45H33ClN8O5S. The third-order valence-electron chi connectivity index (χ3n) is 10.1. The summed E-state index contributed by atoms with van der Waals surface area (Å²) >= 11 is 7.20. The number of benzene rings is 4. The molecule has 8 rings (SSSR count). The van der Waals surface area contributed by atoms with Crippen LogP contribution in [0.5, 0.6) is 11.5 Å². The van der Waals surface area contributed by atoms with Crippen LogP contribution in [-0.2, 0) is 14.6 Å². The van der Waals surface area contributed by atoms with Crippen LogP contribution in [-0.4, -0.2) is 55.7 Å². The summed E-state index contributed by atoms with van der Waals surface area (Å²) in [6.45, 7) is 1.38. The minimum atomic E-state index is -3.47. The van der Waals surface area contributed by atoms with Gasteiger partial charge >= 0.3 is 0 Å². The molecule has 0 fully saturated rings. The van der Waals surface area contributed by atoms with Crippen LogP contribution in [0.4, 0.5) is 11.8 Å². The Morgan fingerprint density at radius 2 is 1.40 bits per heavy atom. The zero-order chi connectivity index (χ0) is 42.1. The van der Waals surface area contributed by atoms with Gasteiger partial charge in [0.15, 0.2) is 9.84 Å². The van der Waals surface area contributed by atoms with Gasteiger partial charge < -0.3 is 15.5 Å². The molecule has 296 valence electrons. The van der Waals surface area contributed by atoms with Gasteiger partial charge in [-0.15, -0.1) is 0 Å². The molecule has 4 aromatic heterocycles. The van der Waals surface area contributed by atoms with E-state index in [0.717, 1.165) is 6.26 Å². The first-order valence-electron chi connectivity index (χ1n) is 18.4. The Hall–Kier alpha value is -7.47. The molecule has 15 heteroatoms. The Kier molecular flexibility index (Phi) is 10.5. The van der Waals surface area contributed by atoms with E-state index in [4.69, 9.17) is 16.6 Å². The lowest BCUT2D eigenvalue weighted by Gasteiger charge is -2.32. The number of aromatic nitrogens is 5. The van der Waals surface area contributed by atoms with Crippen LogP contribution >= 0.6 is 11.6 Å². The van der Waals surface area contributed by atoms with E-state index < -0.39 is 27.8 Å². The molecule has 4 heterocycles. The van der Waals surface area contributed by atoms with E-state index in [1.165, 1.54) is 24.0 Å². The number of anilines is 2. The van der Waals surface area contributed by atoms with E-state index in [-0.39, 0.29) is 44.3 Å². The van der Waals surface area contributed by atoms with E-state index >= 15 is 0 Å². The van der Waals surface area contributed by atoms with Crippen molar-refractivity contribution in [1.29, 1.82) is 5.26 Å². The number of carbonyl (C=O) groups is 1. The second-order valence-corrected chi connectivity index (χ2v) is 16.2. The Morgan fingerprint density at radius 3 is 2.08 bits per heavy atom. The number of aromatic hydroxyl groups is 2. The zero-order valence-corrected chi connectivity index (χ0v) is 33.5. The highest BCUT2D eigenvalue weighted by Gasteiger charge is 2.33. The lowest BCUT2D eigenvalue weighted by Crippen LogP contribution is -2.35. The van der Waals surface area contributed by atoms with Crippen molar-refractivity contribution in [1.82, 2.24) is 24.9 Å². The lowest BCUT2D eigenvalue weighted by atomic mass is 9.91. The maximum atomic E-state index is 13.6. The van der Waals surface area contributed by atoms with Crippen molar-refractivity contribution in [2.45, 2.75) is 23.9 Å². The van der Waals surface area contributed by atoms with Gasteiger partial charge in [-0.25, -0.2) is 28.4 Å². The summed E-state index contributed by atoms with van der Waals surface area (Å²) in [6, 6.07) is 30.8. The van der Waals surface area contributed by atoms with Crippen LogP contribution in [0.25, 0.3) is 33.1 Å². The van der Waals surface area contributed by atoms with E-state index in [1.807, 2.05) is 6.07 Å². The maximum Gasteiger partial charge on any atom is 0.225 e. The number of carbonyl (C=O) groups excluding carboxylic acids is 1. The SMILES string of the molecule is CC(=O)N(c1ccccn1)C(c1ccc(-c2ccc3ccc(C(Nc4ncccn4)c4ccc(S(C)(=O)=O)cc4)c(O)c3n2)c(C#N)c1Cl)c1ccc2cccnc2c1O. The summed E-state index contributed by atoms with van der Waals surface area (Å²) in [6.07, 6.45) is 7.36. The van der Waals surface area contributed by atoms with Crippen molar-refractivity contribution < 1.29 is 23.4 Å². The Labute approximate surface area is 349 Å². The molecule has 1 amide bonds. The second kappa shape index (κ2) is 16.1. The predicted molar refractivity (Wildman–Crippen MR) is 228 cm³/mol. The van der Waals surface area contributed by atoms with Gasteiger partial charge in [0.1, 0.15) is 34.4 Å². The highest BCUT2D eigenvalue weighted by Crippen LogP contribution is 2.45. The first kappa shape index (κ1) is 39.4. The molecule has 0 saturated heterocycles. The minimum absolute atomic E-state index is 0.00670. The fourth-order valence-electron chi connectivity index (χ4n) is 7.23. The molecule has 2 unspecified atom stereocenters. The summed E-state index contributed by atoms with van der Waals surface area (Å²) in [7, 11) is -3.47. The molecule has 0 aliphatic rings. The number of halogens is 1. The molecule has 3 N–H and O–H groups in total. The van der Waals surface area contributed by atoms with Crippen LogP contribution in [0.2, 0.25) is 5.02 Å². The summed E-state index contributed by atoms with van der Waals surface area (Å²) in [5.41, 5.74) is 2.87. The van der Waals surface area contributed by atoms with Gasteiger partial charge in [0, 0.05) is 65.4 Å². The van der Waals surface area contributed by atoms with Crippen LogP contribution in [0, 0.1) is 11.3 Å². The van der Waals surface area contributed by atoms with Gasteiger partial charge in [-0.05, 0) is 53.6 Å². The van der Waals surface area contributed by atoms with Crippen molar-refractivity contribution in [2.24, 2.45) is 0 Å². The molecule has 4 aromatic carbocycles. The number of amides is 1. The number of nitriles is 1. The van der Waals surface area contributed by atoms with Gasteiger partial charge in [0.05, 0.1) is 33.3 Å². The average molecular weight is 833 g/mol. The molecule has 0 aliphatic carbocycles. The topological polar surface area (TPSA) is 195 Å². The maximum absolute atomic E-state index is 13.6. The molecule has 60 heavy (non-hydrogen) atoms. The number of phenols is 2. The van der Waals surface area contributed by atoms with E-state index in [1.54, 1.807) is 116 Å². The Morgan fingerprint density at radius 1 is 0.750 bits per heavy atom. The zero-order valence-electron chi connectivity index (χ0n) is 31.9. The van der Waals surface area contributed by atoms with Gasteiger partial charge in [0.25, 0.3) is 0 Å². The number of pyridine rings is 3. The smallest absolute Gasteiger partial charge is 0.225 e. The fourth-order valence-corrected chi connectivity index (χ4v) is 8.17. The molecule has 0 radical (unpaired) electrons. The van der Waals surface area contributed by atoms with Gasteiger partial charge in [0.2, 0.25) is 11.9 Å². The van der Waals surface area contributed by atoms with E-state index in [0.29, 0.717) is 49.8 Å². The summed E-state index contributed by atoms with van der Waals surface area (Å²) in [4.78, 5) is 37.4.